The Balaban J connectivity index is 1.26. The van der Waals surface area contributed by atoms with Crippen LogP contribution >= 0.6 is 34.7 Å². The average Bonchev–Trinajstić information content (AvgIpc) is 3.59. The number of thiazole rings is 1. The van der Waals surface area contributed by atoms with Crippen molar-refractivity contribution in [3.63, 3.8) is 0 Å². The first-order chi connectivity index (χ1) is 18.6. The molecule has 0 aliphatic rings. The molecule has 3 aromatic heterocycles. The zero-order valence-electron chi connectivity index (χ0n) is 20.6. The van der Waals surface area contributed by atoms with Crippen molar-refractivity contribution in [3.8, 4) is 17.1 Å². The molecular formula is C28H25ClN6OS2. The number of nitrogens with zero attached hydrogens (tertiary/aromatic N) is 5. The molecule has 10 heteroatoms. The minimum atomic E-state index is -0.153. The van der Waals surface area contributed by atoms with Crippen molar-refractivity contribution in [2.75, 3.05) is 0 Å². The summed E-state index contributed by atoms with van der Waals surface area (Å²) >= 11 is 9.26. The highest BCUT2D eigenvalue weighted by Gasteiger charge is 2.18. The summed E-state index contributed by atoms with van der Waals surface area (Å²) in [5, 5.41) is 15.9. The molecule has 7 nitrogen and oxygen atoms in total. The van der Waals surface area contributed by atoms with Crippen LogP contribution in [-0.4, -0.2) is 36.7 Å². The van der Waals surface area contributed by atoms with Gasteiger partial charge in [0.1, 0.15) is 10.7 Å². The van der Waals surface area contributed by atoms with Crippen molar-refractivity contribution in [1.82, 2.24) is 30.0 Å². The number of carbonyl (C=O) groups is 1. The number of rotatable bonds is 10. The third-order valence-electron chi connectivity index (χ3n) is 5.83. The Morgan fingerprint density at radius 1 is 1.08 bits per heavy atom. The lowest BCUT2D eigenvalue weighted by molar-refractivity contribution is 0.0934. The molecule has 0 fully saturated rings. The maximum absolute atomic E-state index is 12.8. The van der Waals surface area contributed by atoms with Gasteiger partial charge in [0.25, 0.3) is 5.91 Å². The zero-order chi connectivity index (χ0) is 26.3. The summed E-state index contributed by atoms with van der Waals surface area (Å²) < 4.78 is 1.97. The number of amides is 1. The fourth-order valence-electron chi connectivity index (χ4n) is 3.90. The summed E-state index contributed by atoms with van der Waals surface area (Å²) in [5.74, 6) is 1.09. The molecule has 1 N–H and O–H groups in total. The topological polar surface area (TPSA) is 85.6 Å². The number of thioether (sulfide) groups is 1. The Hall–Kier alpha value is -3.53. The lowest BCUT2D eigenvalue weighted by Gasteiger charge is -2.12. The fourth-order valence-corrected chi connectivity index (χ4v) is 5.83. The van der Waals surface area contributed by atoms with E-state index in [0.717, 1.165) is 29.1 Å². The molecule has 1 atom stereocenters. The van der Waals surface area contributed by atoms with E-state index in [1.54, 1.807) is 17.8 Å². The van der Waals surface area contributed by atoms with Crippen LogP contribution in [0.25, 0.3) is 17.1 Å². The van der Waals surface area contributed by atoms with E-state index in [9.17, 15) is 4.79 Å². The van der Waals surface area contributed by atoms with Crippen molar-refractivity contribution in [3.05, 3.63) is 106 Å². The van der Waals surface area contributed by atoms with Gasteiger partial charge in [-0.2, -0.15) is 0 Å². The maximum Gasteiger partial charge on any atom is 0.270 e. The van der Waals surface area contributed by atoms with E-state index in [-0.39, 0.29) is 11.9 Å². The van der Waals surface area contributed by atoms with Gasteiger partial charge in [0.05, 0.1) is 11.4 Å². The maximum atomic E-state index is 12.8. The van der Waals surface area contributed by atoms with Gasteiger partial charge in [0.15, 0.2) is 11.0 Å². The zero-order valence-corrected chi connectivity index (χ0v) is 23.0. The van der Waals surface area contributed by atoms with Crippen LogP contribution in [0, 0.1) is 0 Å². The summed E-state index contributed by atoms with van der Waals surface area (Å²) in [6, 6.07) is 21.7. The molecule has 38 heavy (non-hydrogen) atoms. The molecule has 0 saturated heterocycles. The number of nitrogens with one attached hydrogen (secondary N) is 1. The monoisotopic (exact) mass is 560 g/mol. The first kappa shape index (κ1) is 26.1. The molecule has 192 valence electrons. The highest BCUT2D eigenvalue weighted by Crippen LogP contribution is 2.31. The van der Waals surface area contributed by atoms with Crippen molar-refractivity contribution in [2.24, 2.45) is 0 Å². The van der Waals surface area contributed by atoms with Crippen molar-refractivity contribution < 1.29 is 4.79 Å². The predicted octanol–water partition coefficient (Wildman–Crippen LogP) is 6.48. The number of halogens is 1. The van der Waals surface area contributed by atoms with Gasteiger partial charge in [-0.3, -0.25) is 14.3 Å². The molecule has 1 amide bonds. The standard InChI is InChI=1S/C28H25ClN6OS2/c1-19(10-11-20-6-3-2-4-7-20)31-27(36)24-17-37-25(32-24)18-38-28-34-33-26(21-12-14-30-15-13-21)35(28)23-9-5-8-22(29)16-23/h2-9,12-17,19H,10-11,18H2,1H3,(H,31,36)/t19-/m1/s1. The predicted molar refractivity (Wildman–Crippen MR) is 153 cm³/mol. The summed E-state index contributed by atoms with van der Waals surface area (Å²) in [6.07, 6.45) is 5.23. The van der Waals surface area contributed by atoms with Gasteiger partial charge in [-0.05, 0) is 55.7 Å². The van der Waals surface area contributed by atoms with E-state index in [0.29, 0.717) is 27.5 Å². The number of aryl methyl sites for hydroxylation is 1. The minimum Gasteiger partial charge on any atom is -0.348 e. The first-order valence-electron chi connectivity index (χ1n) is 12.1. The molecule has 3 heterocycles. The van der Waals surface area contributed by atoms with Gasteiger partial charge in [0, 0.05) is 34.4 Å². The Labute approximate surface area is 234 Å². The number of aromatic nitrogens is 5. The Morgan fingerprint density at radius 3 is 2.68 bits per heavy atom. The normalized spacial score (nSPS) is 11.8. The second kappa shape index (κ2) is 12.3. The molecular weight excluding hydrogens is 536 g/mol. The van der Waals surface area contributed by atoms with Crippen LogP contribution in [0.3, 0.4) is 0 Å². The summed E-state index contributed by atoms with van der Waals surface area (Å²) in [7, 11) is 0. The lowest BCUT2D eigenvalue weighted by Crippen LogP contribution is -2.33. The minimum absolute atomic E-state index is 0.0464. The van der Waals surface area contributed by atoms with Crippen LogP contribution in [0.15, 0.2) is 89.7 Å². The molecule has 2 aromatic carbocycles. The lowest BCUT2D eigenvalue weighted by atomic mass is 10.1. The SMILES string of the molecule is C[C@H](CCc1ccccc1)NC(=O)c1csc(CSc2nnc(-c3ccncc3)n2-c2cccc(Cl)c2)n1. The Kier molecular flexibility index (Phi) is 8.47. The summed E-state index contributed by atoms with van der Waals surface area (Å²) in [6.45, 7) is 2.02. The summed E-state index contributed by atoms with van der Waals surface area (Å²) in [5.41, 5.74) is 3.46. The van der Waals surface area contributed by atoms with Gasteiger partial charge in [-0.15, -0.1) is 21.5 Å². The van der Waals surface area contributed by atoms with Crippen molar-refractivity contribution >= 4 is 40.6 Å². The van der Waals surface area contributed by atoms with Crippen molar-refractivity contribution in [1.29, 1.82) is 0 Å². The van der Waals surface area contributed by atoms with E-state index < -0.39 is 0 Å². The van der Waals surface area contributed by atoms with Crippen LogP contribution in [0.2, 0.25) is 5.02 Å². The third kappa shape index (κ3) is 6.48. The number of carbonyl (C=O) groups excluding carboxylic acids is 1. The molecule has 0 saturated carbocycles. The molecule has 0 aliphatic heterocycles. The second-order valence-corrected chi connectivity index (χ2v) is 11.0. The molecule has 0 unspecified atom stereocenters. The van der Waals surface area contributed by atoms with E-state index in [1.165, 1.54) is 28.7 Å². The van der Waals surface area contributed by atoms with E-state index in [4.69, 9.17) is 11.6 Å². The van der Waals surface area contributed by atoms with Crippen LogP contribution < -0.4 is 5.32 Å². The van der Waals surface area contributed by atoms with Crippen LogP contribution in [0.4, 0.5) is 0 Å². The second-order valence-electron chi connectivity index (χ2n) is 8.67. The molecule has 0 bridgehead atoms. The van der Waals surface area contributed by atoms with Gasteiger partial charge < -0.3 is 5.32 Å². The van der Waals surface area contributed by atoms with E-state index in [1.807, 2.05) is 66.1 Å². The summed E-state index contributed by atoms with van der Waals surface area (Å²) in [4.78, 5) is 21.4. The van der Waals surface area contributed by atoms with Gasteiger partial charge >= 0.3 is 0 Å². The Morgan fingerprint density at radius 2 is 1.89 bits per heavy atom. The van der Waals surface area contributed by atoms with Gasteiger partial charge in [-0.25, -0.2) is 4.98 Å². The van der Waals surface area contributed by atoms with Crippen LogP contribution in [-0.2, 0) is 12.2 Å². The molecule has 5 rings (SSSR count). The van der Waals surface area contributed by atoms with Crippen LogP contribution in [0.1, 0.15) is 34.4 Å². The Bertz CT molecular complexity index is 1510. The quantitative estimate of drug-likeness (QED) is 0.197. The van der Waals surface area contributed by atoms with Crippen molar-refractivity contribution in [2.45, 2.75) is 36.7 Å². The molecule has 5 aromatic rings. The highest BCUT2D eigenvalue weighted by molar-refractivity contribution is 7.98. The highest BCUT2D eigenvalue weighted by atomic mass is 35.5. The van der Waals surface area contributed by atoms with E-state index in [2.05, 4.69) is 37.6 Å². The third-order valence-corrected chi connectivity index (χ3v) is 8.04. The molecule has 0 radical (unpaired) electrons. The first-order valence-corrected chi connectivity index (χ1v) is 14.3. The largest absolute Gasteiger partial charge is 0.348 e. The molecule has 0 spiro atoms. The number of hydrogen-bond donors (Lipinski definition) is 1. The number of hydrogen-bond acceptors (Lipinski definition) is 7. The van der Waals surface area contributed by atoms with Gasteiger partial charge in [-0.1, -0.05) is 59.8 Å². The average molecular weight is 561 g/mol. The molecule has 0 aliphatic carbocycles. The number of pyridine rings is 1. The number of benzene rings is 2. The van der Waals surface area contributed by atoms with E-state index >= 15 is 0 Å². The fraction of sp³-hybridized carbons (Fsp3) is 0.179. The van der Waals surface area contributed by atoms with Crippen LogP contribution in [0.5, 0.6) is 0 Å². The smallest absolute Gasteiger partial charge is 0.270 e. The van der Waals surface area contributed by atoms with Gasteiger partial charge in [0.2, 0.25) is 0 Å².